The second kappa shape index (κ2) is 16.4. The van der Waals surface area contributed by atoms with Crippen LogP contribution in [0, 0.1) is 11.8 Å². The highest BCUT2D eigenvalue weighted by Gasteiger charge is 2.28. The highest BCUT2D eigenvalue weighted by atomic mass is 16.6. The number of para-hydroxylation sites is 1. The summed E-state index contributed by atoms with van der Waals surface area (Å²) in [5.41, 5.74) is 1.16. The summed E-state index contributed by atoms with van der Waals surface area (Å²) in [5.74, 6) is -3.35. The van der Waals surface area contributed by atoms with E-state index < -0.39 is 35.4 Å². The number of carbonyl (C=O) groups excluding carboxylic acids is 4. The molecule has 0 saturated carbocycles. The molecule has 1 aromatic carbocycles. The van der Waals surface area contributed by atoms with Crippen LogP contribution >= 0.6 is 0 Å². The number of aliphatic hydroxyl groups excluding tert-OH is 1. The Morgan fingerprint density at radius 1 is 1.05 bits per heavy atom. The van der Waals surface area contributed by atoms with Crippen LogP contribution in [0.15, 0.2) is 55.8 Å². The Morgan fingerprint density at radius 2 is 1.73 bits per heavy atom. The summed E-state index contributed by atoms with van der Waals surface area (Å²) >= 11 is 0. The summed E-state index contributed by atoms with van der Waals surface area (Å²) in [6, 6.07) is 7.10. The minimum absolute atomic E-state index is 0.0885. The summed E-state index contributed by atoms with van der Waals surface area (Å²) < 4.78 is 11.0. The predicted molar refractivity (Wildman–Crippen MR) is 157 cm³/mol. The molecule has 1 aromatic heterocycles. The fourth-order valence-corrected chi connectivity index (χ4v) is 4.36. The van der Waals surface area contributed by atoms with Crippen LogP contribution < -0.4 is 10.6 Å². The lowest BCUT2D eigenvalue weighted by Crippen LogP contribution is -2.44. The zero-order valence-corrected chi connectivity index (χ0v) is 24.2. The number of H-pyrrole nitrogens is 1. The van der Waals surface area contributed by atoms with E-state index in [1.54, 1.807) is 32.9 Å². The van der Waals surface area contributed by atoms with Crippen LogP contribution in [0.4, 0.5) is 0 Å². The third-order valence-electron chi connectivity index (χ3n) is 6.22. The maximum Gasteiger partial charge on any atom is 0.309 e. The zero-order chi connectivity index (χ0) is 30.4. The number of allylic oxidation sites excluding steroid dienone is 2. The van der Waals surface area contributed by atoms with Gasteiger partial charge in [-0.05, 0) is 51.7 Å². The van der Waals surface area contributed by atoms with E-state index in [4.69, 9.17) is 14.6 Å². The Balaban J connectivity index is 2.19. The van der Waals surface area contributed by atoms with Crippen molar-refractivity contribution in [2.24, 2.45) is 11.8 Å². The van der Waals surface area contributed by atoms with E-state index in [2.05, 4.69) is 28.8 Å². The lowest BCUT2D eigenvalue weighted by atomic mass is 9.98. The Labute approximate surface area is 241 Å². The van der Waals surface area contributed by atoms with Crippen molar-refractivity contribution in [3.63, 3.8) is 0 Å². The molecule has 2 amide bonds. The largest absolute Gasteiger partial charge is 0.463 e. The number of hydrogen-bond donors (Lipinski definition) is 4. The molecule has 2 aromatic rings. The number of aromatic amines is 1. The Bertz CT molecular complexity index is 1200. The van der Waals surface area contributed by atoms with Gasteiger partial charge in [0.15, 0.2) is 0 Å². The minimum Gasteiger partial charge on any atom is -0.463 e. The molecule has 3 atom stereocenters. The second-order valence-electron chi connectivity index (χ2n) is 10.9. The van der Waals surface area contributed by atoms with Crippen molar-refractivity contribution in [2.45, 2.75) is 64.5 Å². The SMILES string of the molecule is C=CC[C@@H](CC(=O)NCCO)C(=O)N[C@H](COC(=O)[C@H](CC=C)CC(=O)OC(C)(C)C)Cc1c[nH]c2ccccc12. The van der Waals surface area contributed by atoms with Gasteiger partial charge >= 0.3 is 11.9 Å². The fraction of sp³-hybridized carbons (Fsp3) is 0.484. The normalized spacial score (nSPS) is 13.5. The molecule has 0 spiro atoms. The van der Waals surface area contributed by atoms with Gasteiger partial charge in [0.1, 0.15) is 12.2 Å². The standard InChI is InChI=1S/C31H43N3O7/c1-6-10-21(17-27(36)32-14-15-35)29(38)34-24(16-23-19-33-26-13-9-8-12-25(23)26)20-40-30(39)22(11-7-2)18-28(37)41-31(3,4)5/h6-9,12-13,19,21-22,24,33,35H,1-2,10-11,14-18,20H2,3-5H3,(H,32,36)(H,34,38)/t21-,22+,24-/m0/s1. The van der Waals surface area contributed by atoms with Crippen LogP contribution in [0.1, 0.15) is 52.0 Å². The van der Waals surface area contributed by atoms with E-state index >= 15 is 0 Å². The molecule has 10 nitrogen and oxygen atoms in total. The first-order valence-electron chi connectivity index (χ1n) is 13.8. The molecule has 2 rings (SSSR count). The van der Waals surface area contributed by atoms with Gasteiger partial charge in [0.25, 0.3) is 0 Å². The molecule has 0 fully saturated rings. The van der Waals surface area contributed by atoms with Crippen LogP contribution in [0.2, 0.25) is 0 Å². The summed E-state index contributed by atoms with van der Waals surface area (Å²) in [4.78, 5) is 54.2. The van der Waals surface area contributed by atoms with E-state index in [0.29, 0.717) is 6.42 Å². The van der Waals surface area contributed by atoms with Crippen molar-refractivity contribution < 1.29 is 33.8 Å². The number of hydrogen-bond acceptors (Lipinski definition) is 7. The zero-order valence-electron chi connectivity index (χ0n) is 24.2. The van der Waals surface area contributed by atoms with Gasteiger partial charge in [0.05, 0.1) is 30.9 Å². The molecule has 0 aliphatic rings. The highest BCUT2D eigenvalue weighted by Crippen LogP contribution is 2.21. The second-order valence-corrected chi connectivity index (χ2v) is 10.9. The molecular formula is C31H43N3O7. The monoisotopic (exact) mass is 569 g/mol. The molecule has 0 aliphatic carbocycles. The Morgan fingerprint density at radius 3 is 2.39 bits per heavy atom. The lowest BCUT2D eigenvalue weighted by molar-refractivity contribution is -0.161. The van der Waals surface area contributed by atoms with E-state index in [1.807, 2.05) is 30.5 Å². The topological polar surface area (TPSA) is 147 Å². The summed E-state index contributed by atoms with van der Waals surface area (Å²) in [5, 5.41) is 15.4. The first kappa shape index (κ1) is 33.3. The molecule has 0 unspecified atom stereocenters. The van der Waals surface area contributed by atoms with Gasteiger partial charge in [-0.1, -0.05) is 30.4 Å². The van der Waals surface area contributed by atoms with Gasteiger partial charge in [-0.15, -0.1) is 13.2 Å². The number of amides is 2. The van der Waals surface area contributed by atoms with Crippen molar-refractivity contribution in [3.05, 3.63) is 61.3 Å². The van der Waals surface area contributed by atoms with Gasteiger partial charge in [-0.3, -0.25) is 19.2 Å². The van der Waals surface area contributed by atoms with E-state index in [0.717, 1.165) is 16.5 Å². The maximum absolute atomic E-state index is 13.3. The van der Waals surface area contributed by atoms with E-state index in [9.17, 15) is 19.2 Å². The van der Waals surface area contributed by atoms with Crippen LogP contribution in [-0.2, 0) is 35.1 Å². The molecule has 1 heterocycles. The molecule has 41 heavy (non-hydrogen) atoms. The molecule has 0 bridgehead atoms. The van der Waals surface area contributed by atoms with Crippen molar-refractivity contribution in [1.82, 2.24) is 15.6 Å². The number of aliphatic hydroxyl groups is 1. The number of rotatable bonds is 17. The summed E-state index contributed by atoms with van der Waals surface area (Å²) in [6.45, 7) is 12.4. The molecule has 4 N–H and O–H groups in total. The van der Waals surface area contributed by atoms with Crippen molar-refractivity contribution in [3.8, 4) is 0 Å². The van der Waals surface area contributed by atoms with Crippen LogP contribution in [0.5, 0.6) is 0 Å². The van der Waals surface area contributed by atoms with Crippen LogP contribution in [-0.4, -0.2) is 65.2 Å². The number of carbonyl (C=O) groups is 4. The average Bonchev–Trinajstić information content (AvgIpc) is 3.31. The van der Waals surface area contributed by atoms with Gasteiger partial charge in [-0.25, -0.2) is 0 Å². The average molecular weight is 570 g/mol. The molecular weight excluding hydrogens is 526 g/mol. The van der Waals surface area contributed by atoms with Crippen molar-refractivity contribution in [1.29, 1.82) is 0 Å². The number of nitrogens with one attached hydrogen (secondary N) is 3. The lowest BCUT2D eigenvalue weighted by Gasteiger charge is -2.24. The van der Waals surface area contributed by atoms with Crippen molar-refractivity contribution in [2.75, 3.05) is 19.8 Å². The van der Waals surface area contributed by atoms with Gasteiger partial charge in [-0.2, -0.15) is 0 Å². The number of fused-ring (bicyclic) bond motifs is 1. The number of benzene rings is 1. The van der Waals surface area contributed by atoms with E-state index in [-0.39, 0.29) is 57.3 Å². The maximum atomic E-state index is 13.3. The van der Waals surface area contributed by atoms with Gasteiger partial charge < -0.3 is 30.2 Å². The highest BCUT2D eigenvalue weighted by molar-refractivity contribution is 5.86. The van der Waals surface area contributed by atoms with Gasteiger partial charge in [0, 0.05) is 30.1 Å². The van der Waals surface area contributed by atoms with Crippen LogP contribution in [0.3, 0.4) is 0 Å². The first-order valence-corrected chi connectivity index (χ1v) is 13.8. The molecule has 0 radical (unpaired) electrons. The quantitative estimate of drug-likeness (QED) is 0.169. The number of ether oxygens (including phenoxy) is 2. The molecule has 0 saturated heterocycles. The third kappa shape index (κ3) is 11.6. The van der Waals surface area contributed by atoms with Gasteiger partial charge in [0.2, 0.25) is 11.8 Å². The van der Waals surface area contributed by atoms with E-state index in [1.165, 1.54) is 0 Å². The molecule has 224 valence electrons. The summed E-state index contributed by atoms with van der Waals surface area (Å²) in [7, 11) is 0. The summed E-state index contributed by atoms with van der Waals surface area (Å²) in [6.07, 6.45) is 5.53. The van der Waals surface area contributed by atoms with Crippen LogP contribution in [0.25, 0.3) is 10.9 Å². The first-order chi connectivity index (χ1) is 19.5. The molecule has 10 heteroatoms. The fourth-order valence-electron chi connectivity index (χ4n) is 4.36. The Hall–Kier alpha value is -3.92. The predicted octanol–water partition coefficient (Wildman–Crippen LogP) is 3.35. The third-order valence-corrected chi connectivity index (χ3v) is 6.22. The number of aromatic nitrogens is 1. The molecule has 0 aliphatic heterocycles. The minimum atomic E-state index is -0.782. The van der Waals surface area contributed by atoms with Crippen molar-refractivity contribution >= 4 is 34.7 Å². The smallest absolute Gasteiger partial charge is 0.309 e. The number of esters is 2. The Kier molecular flexibility index (Phi) is 13.3.